The third kappa shape index (κ3) is 4.95. The van der Waals surface area contributed by atoms with E-state index >= 15 is 0 Å². The van der Waals surface area contributed by atoms with Crippen LogP contribution in [0.25, 0.3) is 10.2 Å². The summed E-state index contributed by atoms with van der Waals surface area (Å²) in [5.41, 5.74) is 0.884. The zero-order valence-corrected chi connectivity index (χ0v) is 18.1. The van der Waals surface area contributed by atoms with Gasteiger partial charge < -0.3 is 10.3 Å². The van der Waals surface area contributed by atoms with Crippen LogP contribution in [0.5, 0.6) is 0 Å². The normalized spacial score (nSPS) is 14.9. The van der Waals surface area contributed by atoms with Crippen molar-refractivity contribution in [1.29, 1.82) is 0 Å². The van der Waals surface area contributed by atoms with E-state index in [1.807, 2.05) is 0 Å². The second-order valence-electron chi connectivity index (χ2n) is 7.35. The zero-order chi connectivity index (χ0) is 22.0. The third-order valence-electron chi connectivity index (χ3n) is 5.11. The lowest BCUT2D eigenvalue weighted by Gasteiger charge is -2.22. The predicted molar refractivity (Wildman–Crippen MR) is 116 cm³/mol. The largest absolute Gasteiger partial charge is 0.412 e. The van der Waals surface area contributed by atoms with E-state index in [0.717, 1.165) is 43.0 Å². The number of aromatic nitrogens is 2. The Bertz CT molecular complexity index is 1140. The topological polar surface area (TPSA) is 74.8 Å². The zero-order valence-electron chi connectivity index (χ0n) is 16.4. The van der Waals surface area contributed by atoms with Gasteiger partial charge in [0.2, 0.25) is 5.91 Å². The summed E-state index contributed by atoms with van der Waals surface area (Å²) in [6.07, 6.45) is -0.583. The molecule has 0 fully saturated rings. The highest BCUT2D eigenvalue weighted by Crippen LogP contribution is 2.34. The fraction of sp³-hybridized carbons (Fsp3) is 0.381. The van der Waals surface area contributed by atoms with Crippen molar-refractivity contribution in [2.45, 2.75) is 43.7 Å². The van der Waals surface area contributed by atoms with Gasteiger partial charge in [0.1, 0.15) is 10.7 Å². The van der Waals surface area contributed by atoms with Crippen molar-refractivity contribution in [1.82, 2.24) is 15.3 Å². The number of alkyl halides is 3. The quantitative estimate of drug-likeness (QED) is 0.559. The van der Waals surface area contributed by atoms with Crippen molar-refractivity contribution in [2.24, 2.45) is 0 Å². The number of hydrogen-bond acceptors (Lipinski definition) is 5. The Morgan fingerprint density at radius 2 is 1.97 bits per heavy atom. The van der Waals surface area contributed by atoms with Gasteiger partial charge in [-0.25, -0.2) is 4.98 Å². The highest BCUT2D eigenvalue weighted by atomic mass is 32.2. The molecule has 2 aromatic heterocycles. The molecule has 0 radical (unpaired) electrons. The summed E-state index contributed by atoms with van der Waals surface area (Å²) in [6.45, 7) is 0. The van der Waals surface area contributed by atoms with E-state index < -0.39 is 18.1 Å². The summed E-state index contributed by atoms with van der Waals surface area (Å²) in [5.74, 6) is -0.263. The van der Waals surface area contributed by atoms with Gasteiger partial charge in [-0.1, -0.05) is 30.3 Å². The Morgan fingerprint density at radius 3 is 2.71 bits per heavy atom. The number of thioether (sulfide) groups is 1. The molecule has 1 aliphatic rings. The van der Waals surface area contributed by atoms with Crippen LogP contribution >= 0.6 is 23.1 Å². The van der Waals surface area contributed by atoms with E-state index in [0.29, 0.717) is 16.0 Å². The lowest BCUT2D eigenvalue weighted by molar-refractivity contribution is -0.162. The highest BCUT2D eigenvalue weighted by molar-refractivity contribution is 7.99. The first kappa shape index (κ1) is 21.9. The molecule has 5 nitrogen and oxygen atoms in total. The van der Waals surface area contributed by atoms with E-state index in [1.165, 1.54) is 40.5 Å². The van der Waals surface area contributed by atoms with E-state index in [2.05, 4.69) is 15.3 Å². The van der Waals surface area contributed by atoms with Crippen LogP contribution in [0.4, 0.5) is 13.2 Å². The van der Waals surface area contributed by atoms with Crippen LogP contribution in [0.3, 0.4) is 0 Å². The first-order valence-electron chi connectivity index (χ1n) is 9.85. The fourth-order valence-corrected chi connectivity index (χ4v) is 5.70. The van der Waals surface area contributed by atoms with Crippen LogP contribution in [0.1, 0.15) is 40.7 Å². The summed E-state index contributed by atoms with van der Waals surface area (Å²) in [6, 6.07) is 5.20. The van der Waals surface area contributed by atoms with Crippen molar-refractivity contribution < 1.29 is 18.0 Å². The molecule has 164 valence electrons. The van der Waals surface area contributed by atoms with E-state index in [-0.39, 0.29) is 22.6 Å². The number of aryl methyl sites for hydroxylation is 2. The van der Waals surface area contributed by atoms with Gasteiger partial charge in [0.05, 0.1) is 16.9 Å². The number of hydrogen-bond donors (Lipinski definition) is 2. The number of H-pyrrole nitrogens is 1. The maximum absolute atomic E-state index is 13.4. The minimum atomic E-state index is -4.60. The molecule has 0 saturated carbocycles. The molecule has 4 rings (SSSR count). The van der Waals surface area contributed by atoms with Crippen LogP contribution < -0.4 is 10.9 Å². The second-order valence-corrected chi connectivity index (χ2v) is 9.42. The minimum Gasteiger partial charge on any atom is -0.340 e. The summed E-state index contributed by atoms with van der Waals surface area (Å²) < 4.78 is 40.1. The molecule has 1 amide bonds. The molecule has 2 heterocycles. The van der Waals surface area contributed by atoms with Crippen LogP contribution in [0, 0.1) is 0 Å². The minimum absolute atomic E-state index is 0.0218. The molecule has 0 spiro atoms. The summed E-state index contributed by atoms with van der Waals surface area (Å²) in [7, 11) is 0. The monoisotopic (exact) mass is 467 g/mol. The third-order valence-corrected chi connectivity index (χ3v) is 7.24. The number of amides is 1. The van der Waals surface area contributed by atoms with Gasteiger partial charge in [-0.05, 0) is 36.8 Å². The lowest BCUT2D eigenvalue weighted by Crippen LogP contribution is -2.39. The summed E-state index contributed by atoms with van der Waals surface area (Å²) in [4.78, 5) is 33.9. The maximum Gasteiger partial charge on any atom is 0.412 e. The van der Waals surface area contributed by atoms with Crippen LogP contribution in [-0.4, -0.2) is 27.8 Å². The van der Waals surface area contributed by atoms with Gasteiger partial charge in [-0.2, -0.15) is 13.2 Å². The number of thiophene rings is 1. The number of fused-ring (bicyclic) bond motifs is 3. The average Bonchev–Trinajstić information content (AvgIpc) is 3.10. The number of rotatable bonds is 6. The number of halogens is 3. The number of nitrogens with zero attached hydrogens (tertiary/aromatic N) is 1. The molecule has 10 heteroatoms. The predicted octanol–water partition coefficient (Wildman–Crippen LogP) is 4.52. The molecular formula is C21H20F3N3O2S2. The van der Waals surface area contributed by atoms with Crippen LogP contribution in [0.15, 0.2) is 35.1 Å². The smallest absolute Gasteiger partial charge is 0.340 e. The lowest BCUT2D eigenvalue weighted by atomic mass is 9.97. The van der Waals surface area contributed by atoms with Crippen LogP contribution in [-0.2, 0) is 23.4 Å². The highest BCUT2D eigenvalue weighted by Gasteiger charge is 2.41. The molecule has 3 aromatic rings. The van der Waals surface area contributed by atoms with E-state index in [1.54, 1.807) is 6.07 Å². The van der Waals surface area contributed by atoms with E-state index in [9.17, 15) is 22.8 Å². The first-order valence-corrected chi connectivity index (χ1v) is 11.8. The molecule has 1 aliphatic carbocycles. The Balaban J connectivity index is 1.40. The van der Waals surface area contributed by atoms with Crippen molar-refractivity contribution >= 4 is 39.2 Å². The molecule has 0 saturated heterocycles. The van der Waals surface area contributed by atoms with Gasteiger partial charge in [0.25, 0.3) is 5.56 Å². The number of benzene rings is 1. The molecular weight excluding hydrogens is 447 g/mol. The Hall–Kier alpha value is -2.33. The van der Waals surface area contributed by atoms with Crippen LogP contribution in [0.2, 0.25) is 0 Å². The molecule has 0 aliphatic heterocycles. The summed E-state index contributed by atoms with van der Waals surface area (Å²) in [5, 5.41) is 2.71. The number of aromatic amines is 1. The van der Waals surface area contributed by atoms with Gasteiger partial charge >= 0.3 is 6.18 Å². The Labute approximate surface area is 184 Å². The SMILES string of the molecule is O=C(CSCc1nc2sc3c(c2c(=O)[nH]1)CCCC3)NC(c1ccccc1)C(F)(F)F. The number of carbonyl (C=O) groups excluding carboxylic acids is 1. The Morgan fingerprint density at radius 1 is 1.23 bits per heavy atom. The van der Waals surface area contributed by atoms with Gasteiger partial charge in [-0.3, -0.25) is 9.59 Å². The Kier molecular flexibility index (Phi) is 6.38. The van der Waals surface area contributed by atoms with Gasteiger partial charge in [0, 0.05) is 4.88 Å². The molecule has 31 heavy (non-hydrogen) atoms. The standard InChI is InChI=1S/C21H20F3N3O2S2/c22-21(23,24)18(12-6-2-1-3-7-12)27-16(28)11-30-10-15-25-19(29)17-13-8-4-5-9-14(13)31-20(17)26-15/h1-3,6-7,18H,4-5,8-11H2,(H,27,28)(H,25,26,29). The second kappa shape index (κ2) is 9.04. The summed E-state index contributed by atoms with van der Waals surface area (Å²) >= 11 is 2.64. The van der Waals surface area contributed by atoms with Crippen molar-refractivity contribution in [2.75, 3.05) is 5.75 Å². The van der Waals surface area contributed by atoms with Crippen molar-refractivity contribution in [3.8, 4) is 0 Å². The average molecular weight is 468 g/mol. The van der Waals surface area contributed by atoms with Crippen molar-refractivity contribution in [3.63, 3.8) is 0 Å². The van der Waals surface area contributed by atoms with Gasteiger partial charge in [-0.15, -0.1) is 23.1 Å². The fourth-order valence-electron chi connectivity index (χ4n) is 3.72. The molecule has 1 unspecified atom stereocenters. The molecule has 1 aromatic carbocycles. The molecule has 2 N–H and O–H groups in total. The number of carbonyl (C=O) groups is 1. The molecule has 1 atom stereocenters. The maximum atomic E-state index is 13.4. The van der Waals surface area contributed by atoms with Crippen molar-refractivity contribution in [3.05, 3.63) is 62.5 Å². The number of nitrogens with one attached hydrogen (secondary N) is 2. The van der Waals surface area contributed by atoms with E-state index in [4.69, 9.17) is 0 Å². The first-order chi connectivity index (χ1) is 14.8. The molecule has 0 bridgehead atoms. The van der Waals surface area contributed by atoms with Gasteiger partial charge in [0.15, 0.2) is 6.04 Å².